The summed E-state index contributed by atoms with van der Waals surface area (Å²) in [6.45, 7) is 0.326. The van der Waals surface area contributed by atoms with Crippen molar-refractivity contribution in [2.75, 3.05) is 5.32 Å². The highest BCUT2D eigenvalue weighted by molar-refractivity contribution is 7.12. The molecule has 0 bridgehead atoms. The van der Waals surface area contributed by atoms with Gasteiger partial charge in [-0.05, 0) is 17.7 Å². The minimum atomic E-state index is -1.03. The van der Waals surface area contributed by atoms with Crippen LogP contribution >= 0.6 is 11.3 Å². The second kappa shape index (κ2) is 5.44. The molecule has 0 unspecified atom stereocenters. The van der Waals surface area contributed by atoms with Gasteiger partial charge < -0.3 is 16.2 Å². The zero-order valence-corrected chi connectivity index (χ0v) is 10.5. The third-order valence-electron chi connectivity index (χ3n) is 2.30. The molecule has 8 heteroatoms. The number of carbonyl (C=O) groups excluding carboxylic acids is 1. The quantitative estimate of drug-likeness (QED) is 0.749. The van der Waals surface area contributed by atoms with Crippen LogP contribution in [-0.2, 0) is 6.54 Å². The lowest BCUT2D eigenvalue weighted by Gasteiger charge is -2.05. The third kappa shape index (κ3) is 3.05. The number of pyridine rings is 1. The van der Waals surface area contributed by atoms with Gasteiger partial charge in [-0.15, -0.1) is 11.3 Å². The summed E-state index contributed by atoms with van der Waals surface area (Å²) in [6.07, 6.45) is 1.47. The summed E-state index contributed by atoms with van der Waals surface area (Å²) in [4.78, 5) is 29.8. The molecule has 0 fully saturated rings. The van der Waals surface area contributed by atoms with Crippen LogP contribution in [0.15, 0.2) is 23.8 Å². The lowest BCUT2D eigenvalue weighted by atomic mass is 10.2. The minimum Gasteiger partial charge on any atom is -0.477 e. The molecular weight excluding hydrogens is 268 g/mol. The van der Waals surface area contributed by atoms with E-state index in [0.29, 0.717) is 12.4 Å². The highest BCUT2D eigenvalue weighted by Crippen LogP contribution is 2.19. The van der Waals surface area contributed by atoms with Gasteiger partial charge >= 0.3 is 5.97 Å². The molecule has 19 heavy (non-hydrogen) atoms. The standard InChI is InChI=1S/C11H10N4O3S/c12-9(16)7-3-6(1-2-13-7)4-14-10-8(11(17)18)19-5-15-10/h1-3,5,14H,4H2,(H2,12,16)(H,17,18). The fourth-order valence-corrected chi connectivity index (χ4v) is 2.03. The summed E-state index contributed by atoms with van der Waals surface area (Å²) in [7, 11) is 0. The van der Waals surface area contributed by atoms with Gasteiger partial charge in [0.1, 0.15) is 5.69 Å². The molecule has 0 saturated carbocycles. The molecule has 0 atom stereocenters. The van der Waals surface area contributed by atoms with Crippen molar-refractivity contribution in [2.45, 2.75) is 6.54 Å². The number of hydrogen-bond acceptors (Lipinski definition) is 6. The first kappa shape index (κ1) is 13.0. The van der Waals surface area contributed by atoms with Crippen LogP contribution < -0.4 is 11.1 Å². The van der Waals surface area contributed by atoms with Crippen LogP contribution in [0.3, 0.4) is 0 Å². The first-order chi connectivity index (χ1) is 9.08. The molecule has 2 rings (SSSR count). The molecule has 4 N–H and O–H groups in total. The largest absolute Gasteiger partial charge is 0.477 e. The Labute approximate surface area is 112 Å². The molecule has 0 saturated heterocycles. The van der Waals surface area contributed by atoms with Gasteiger partial charge in [-0.3, -0.25) is 9.78 Å². The van der Waals surface area contributed by atoms with Gasteiger partial charge in [0.2, 0.25) is 0 Å². The van der Waals surface area contributed by atoms with E-state index in [0.717, 1.165) is 16.9 Å². The van der Waals surface area contributed by atoms with E-state index in [1.807, 2.05) is 0 Å². The zero-order chi connectivity index (χ0) is 13.8. The van der Waals surface area contributed by atoms with Crippen molar-refractivity contribution in [2.24, 2.45) is 5.73 Å². The second-order valence-electron chi connectivity index (χ2n) is 3.60. The van der Waals surface area contributed by atoms with E-state index in [9.17, 15) is 9.59 Å². The number of carbonyl (C=O) groups is 2. The molecule has 0 radical (unpaired) electrons. The number of nitrogens with two attached hydrogens (primary N) is 1. The second-order valence-corrected chi connectivity index (χ2v) is 4.46. The molecule has 0 aliphatic heterocycles. The van der Waals surface area contributed by atoms with Crippen LogP contribution in [0.25, 0.3) is 0 Å². The Balaban J connectivity index is 2.10. The van der Waals surface area contributed by atoms with Crippen LogP contribution in [0.1, 0.15) is 25.7 Å². The first-order valence-corrected chi connectivity index (χ1v) is 6.11. The van der Waals surface area contributed by atoms with Crippen molar-refractivity contribution in [1.82, 2.24) is 9.97 Å². The Hall–Kier alpha value is -2.48. The van der Waals surface area contributed by atoms with Crippen LogP contribution in [0.4, 0.5) is 5.82 Å². The number of carboxylic acids is 1. The maximum absolute atomic E-state index is 11.0. The Morgan fingerprint density at radius 3 is 2.89 bits per heavy atom. The van der Waals surface area contributed by atoms with Gasteiger partial charge in [-0.25, -0.2) is 9.78 Å². The van der Waals surface area contributed by atoms with Crippen molar-refractivity contribution in [3.05, 3.63) is 40.0 Å². The predicted octanol–water partition coefficient (Wildman–Crippen LogP) is 0.947. The van der Waals surface area contributed by atoms with Crippen molar-refractivity contribution in [3.63, 3.8) is 0 Å². The number of amides is 1. The van der Waals surface area contributed by atoms with Crippen LogP contribution in [0.2, 0.25) is 0 Å². The maximum Gasteiger partial charge on any atom is 0.349 e. The highest BCUT2D eigenvalue weighted by atomic mass is 32.1. The lowest BCUT2D eigenvalue weighted by molar-refractivity contribution is 0.0702. The number of hydrogen-bond donors (Lipinski definition) is 3. The van der Waals surface area contributed by atoms with Crippen LogP contribution in [-0.4, -0.2) is 27.0 Å². The number of aromatic carboxylic acids is 1. The van der Waals surface area contributed by atoms with Crippen molar-refractivity contribution in [3.8, 4) is 0 Å². The number of nitrogens with one attached hydrogen (secondary N) is 1. The van der Waals surface area contributed by atoms with Gasteiger partial charge in [0.15, 0.2) is 10.7 Å². The monoisotopic (exact) mass is 278 g/mol. The summed E-state index contributed by atoms with van der Waals surface area (Å²) in [5.41, 5.74) is 7.50. The van der Waals surface area contributed by atoms with E-state index in [1.54, 1.807) is 12.1 Å². The van der Waals surface area contributed by atoms with Crippen molar-refractivity contribution in [1.29, 1.82) is 0 Å². The first-order valence-electron chi connectivity index (χ1n) is 5.23. The fourth-order valence-electron chi connectivity index (χ4n) is 1.43. The summed E-state index contributed by atoms with van der Waals surface area (Å²) >= 11 is 1.04. The summed E-state index contributed by atoms with van der Waals surface area (Å²) < 4.78 is 0. The highest BCUT2D eigenvalue weighted by Gasteiger charge is 2.13. The van der Waals surface area contributed by atoms with Gasteiger partial charge in [0.25, 0.3) is 5.91 Å². The smallest absolute Gasteiger partial charge is 0.349 e. The SMILES string of the molecule is NC(=O)c1cc(CNc2ncsc2C(=O)O)ccn1. The lowest BCUT2D eigenvalue weighted by Crippen LogP contribution is -2.13. The van der Waals surface area contributed by atoms with Crippen molar-refractivity contribution >= 4 is 29.0 Å². The van der Waals surface area contributed by atoms with Crippen LogP contribution in [0, 0.1) is 0 Å². The van der Waals surface area contributed by atoms with E-state index in [1.165, 1.54) is 11.7 Å². The predicted molar refractivity (Wildman–Crippen MR) is 69.2 cm³/mol. The number of primary amides is 1. The molecule has 0 aliphatic carbocycles. The fraction of sp³-hybridized carbons (Fsp3) is 0.0909. The Bertz CT molecular complexity index is 626. The van der Waals surface area contributed by atoms with E-state index < -0.39 is 11.9 Å². The Morgan fingerprint density at radius 1 is 1.42 bits per heavy atom. The molecule has 98 valence electrons. The van der Waals surface area contributed by atoms with E-state index in [4.69, 9.17) is 10.8 Å². The molecule has 7 nitrogen and oxygen atoms in total. The Morgan fingerprint density at radius 2 is 2.21 bits per heavy atom. The van der Waals surface area contributed by atoms with Gasteiger partial charge in [0.05, 0.1) is 5.51 Å². The summed E-state index contributed by atoms with van der Waals surface area (Å²) in [6, 6.07) is 3.24. The summed E-state index contributed by atoms with van der Waals surface area (Å²) in [5, 5.41) is 11.8. The van der Waals surface area contributed by atoms with E-state index in [2.05, 4.69) is 15.3 Å². The van der Waals surface area contributed by atoms with E-state index >= 15 is 0 Å². The number of aromatic nitrogens is 2. The number of nitrogens with zero attached hydrogens (tertiary/aromatic N) is 2. The molecule has 0 aromatic carbocycles. The normalized spacial score (nSPS) is 10.1. The third-order valence-corrected chi connectivity index (χ3v) is 3.11. The molecule has 2 heterocycles. The molecular formula is C11H10N4O3S. The zero-order valence-electron chi connectivity index (χ0n) is 9.66. The molecule has 0 spiro atoms. The average molecular weight is 278 g/mol. The average Bonchev–Trinajstić information content (AvgIpc) is 2.85. The number of carboxylic acid groups (broad SMARTS) is 1. The topological polar surface area (TPSA) is 118 Å². The number of anilines is 1. The molecule has 1 amide bonds. The molecule has 2 aromatic rings. The molecule has 2 aromatic heterocycles. The summed E-state index contributed by atoms with van der Waals surface area (Å²) in [5.74, 6) is -1.34. The Kier molecular flexibility index (Phi) is 3.71. The van der Waals surface area contributed by atoms with E-state index in [-0.39, 0.29) is 10.6 Å². The van der Waals surface area contributed by atoms with Gasteiger partial charge in [0, 0.05) is 12.7 Å². The minimum absolute atomic E-state index is 0.143. The van der Waals surface area contributed by atoms with Crippen molar-refractivity contribution < 1.29 is 14.7 Å². The maximum atomic E-state index is 11.0. The number of rotatable bonds is 5. The number of thiazole rings is 1. The van der Waals surface area contributed by atoms with Gasteiger partial charge in [-0.1, -0.05) is 0 Å². The van der Waals surface area contributed by atoms with Crippen LogP contribution in [0.5, 0.6) is 0 Å². The van der Waals surface area contributed by atoms with Gasteiger partial charge in [-0.2, -0.15) is 0 Å². The molecule has 0 aliphatic rings.